The number of thiophene rings is 1. The molecule has 2 aliphatic rings. The third-order valence-electron chi connectivity index (χ3n) is 4.73. The van der Waals surface area contributed by atoms with Gasteiger partial charge in [-0.2, -0.15) is 0 Å². The van der Waals surface area contributed by atoms with Gasteiger partial charge >= 0.3 is 7.12 Å². The summed E-state index contributed by atoms with van der Waals surface area (Å²) in [5.74, 6) is 0. The van der Waals surface area contributed by atoms with Gasteiger partial charge < -0.3 is 9.31 Å². The molecule has 3 rings (SSSR count). The summed E-state index contributed by atoms with van der Waals surface area (Å²) in [5.41, 5.74) is 1.07. The largest absolute Gasteiger partial charge is 0.505 e. The average molecular weight is 290 g/mol. The fraction of sp³-hybridized carbons (Fsp3) is 0.625. The smallest absolute Gasteiger partial charge is 0.399 e. The molecule has 4 heteroatoms. The topological polar surface area (TPSA) is 18.5 Å². The minimum absolute atomic E-state index is 0.222. The van der Waals surface area contributed by atoms with Crippen LogP contribution in [0.4, 0.5) is 0 Å². The number of hydrogen-bond acceptors (Lipinski definition) is 3. The van der Waals surface area contributed by atoms with E-state index in [1.54, 1.807) is 16.9 Å². The molecule has 20 heavy (non-hydrogen) atoms. The minimum atomic E-state index is -0.258. The fourth-order valence-corrected chi connectivity index (χ4v) is 3.67. The molecule has 1 saturated carbocycles. The molecule has 0 unspecified atom stereocenters. The Morgan fingerprint density at radius 3 is 2.25 bits per heavy atom. The highest BCUT2D eigenvalue weighted by Gasteiger charge is 2.52. The maximum atomic E-state index is 6.10. The molecule has 0 N–H and O–H groups in total. The van der Waals surface area contributed by atoms with Crippen molar-refractivity contribution in [1.29, 1.82) is 0 Å². The Balaban J connectivity index is 1.76. The Morgan fingerprint density at radius 1 is 1.05 bits per heavy atom. The predicted octanol–water partition coefficient (Wildman–Crippen LogP) is 4.00. The second kappa shape index (κ2) is 5.01. The molecule has 0 aromatic carbocycles. The van der Waals surface area contributed by atoms with Crippen LogP contribution in [0, 0.1) is 0 Å². The van der Waals surface area contributed by atoms with Crippen LogP contribution in [0.1, 0.15) is 58.3 Å². The summed E-state index contributed by atoms with van der Waals surface area (Å²) >= 11 is 1.79. The normalized spacial score (nSPS) is 24.4. The van der Waals surface area contributed by atoms with Crippen LogP contribution in [-0.2, 0) is 9.31 Å². The molecule has 1 aliphatic heterocycles. The van der Waals surface area contributed by atoms with E-state index < -0.39 is 0 Å². The van der Waals surface area contributed by atoms with E-state index in [1.807, 2.05) is 0 Å². The zero-order chi connectivity index (χ0) is 14.4. The Kier molecular flexibility index (Phi) is 3.60. The van der Waals surface area contributed by atoms with Crippen LogP contribution in [0.2, 0.25) is 0 Å². The van der Waals surface area contributed by atoms with E-state index in [9.17, 15) is 0 Å². The molecule has 0 spiro atoms. The molecular formula is C16H23BO2S. The summed E-state index contributed by atoms with van der Waals surface area (Å²) in [5, 5.41) is 0. The van der Waals surface area contributed by atoms with Crippen LogP contribution < -0.4 is 4.78 Å². The van der Waals surface area contributed by atoms with Gasteiger partial charge in [-0.05, 0) is 65.5 Å². The Morgan fingerprint density at radius 2 is 1.65 bits per heavy atom. The van der Waals surface area contributed by atoms with Crippen molar-refractivity contribution in [3.63, 3.8) is 0 Å². The highest BCUT2D eigenvalue weighted by Crippen LogP contribution is 2.37. The standard InChI is InChI=1S/C16H23BO2S/c1-15(2)16(3,4)19-17(18-15)14-10-9-13(20-14)11-12-7-5-6-8-12/h9-11H,5-8H2,1-4H3. The molecule has 2 heterocycles. The van der Waals surface area contributed by atoms with Crippen molar-refractivity contribution in [3.05, 3.63) is 22.6 Å². The summed E-state index contributed by atoms with van der Waals surface area (Å²) in [4.78, 5) is 1.33. The van der Waals surface area contributed by atoms with Crippen LogP contribution in [0.25, 0.3) is 6.08 Å². The van der Waals surface area contributed by atoms with Crippen molar-refractivity contribution in [2.45, 2.75) is 64.6 Å². The molecule has 2 fully saturated rings. The summed E-state index contributed by atoms with van der Waals surface area (Å²) in [6.45, 7) is 8.40. The van der Waals surface area contributed by atoms with Crippen LogP contribution in [0.3, 0.4) is 0 Å². The van der Waals surface area contributed by atoms with Crippen molar-refractivity contribution < 1.29 is 9.31 Å². The maximum Gasteiger partial charge on any atom is 0.505 e. The number of allylic oxidation sites excluding steroid dienone is 1. The summed E-state index contributed by atoms with van der Waals surface area (Å²) in [6.07, 6.45) is 7.59. The van der Waals surface area contributed by atoms with E-state index in [0.29, 0.717) is 0 Å². The highest BCUT2D eigenvalue weighted by molar-refractivity contribution is 7.23. The van der Waals surface area contributed by atoms with Gasteiger partial charge in [0.05, 0.1) is 11.2 Å². The molecule has 0 amide bonds. The van der Waals surface area contributed by atoms with Crippen LogP contribution in [0.5, 0.6) is 0 Å². The van der Waals surface area contributed by atoms with Gasteiger partial charge in [0.25, 0.3) is 0 Å². The van der Waals surface area contributed by atoms with Crippen LogP contribution in [0.15, 0.2) is 17.7 Å². The van der Waals surface area contributed by atoms with Crippen molar-refractivity contribution in [2.75, 3.05) is 0 Å². The van der Waals surface area contributed by atoms with E-state index in [0.717, 1.165) is 0 Å². The molecule has 0 atom stereocenters. The molecule has 1 saturated heterocycles. The van der Waals surface area contributed by atoms with Gasteiger partial charge in [-0.15, -0.1) is 11.3 Å². The molecule has 1 aliphatic carbocycles. The lowest BCUT2D eigenvalue weighted by Gasteiger charge is -2.32. The van der Waals surface area contributed by atoms with Crippen molar-refractivity contribution >= 4 is 29.3 Å². The Labute approximate surface area is 126 Å². The Hall–Kier alpha value is -0.575. The molecular weight excluding hydrogens is 267 g/mol. The van der Waals surface area contributed by atoms with E-state index in [-0.39, 0.29) is 18.3 Å². The second-order valence-electron chi connectivity index (χ2n) is 6.84. The molecule has 1 aromatic rings. The molecule has 0 radical (unpaired) electrons. The first kappa shape index (κ1) is 14.4. The zero-order valence-electron chi connectivity index (χ0n) is 12.9. The van der Waals surface area contributed by atoms with E-state index in [4.69, 9.17) is 9.31 Å². The van der Waals surface area contributed by atoms with Crippen molar-refractivity contribution in [2.24, 2.45) is 0 Å². The average Bonchev–Trinajstić information content (AvgIpc) is 3.02. The third kappa shape index (κ3) is 2.61. The molecule has 108 valence electrons. The van der Waals surface area contributed by atoms with Crippen molar-refractivity contribution in [1.82, 2.24) is 0 Å². The highest BCUT2D eigenvalue weighted by atomic mass is 32.1. The number of rotatable bonds is 2. The van der Waals surface area contributed by atoms with Crippen LogP contribution in [-0.4, -0.2) is 18.3 Å². The summed E-state index contributed by atoms with van der Waals surface area (Å²) in [6, 6.07) is 4.34. The lowest BCUT2D eigenvalue weighted by molar-refractivity contribution is 0.00578. The quantitative estimate of drug-likeness (QED) is 0.766. The Bertz CT molecular complexity index is 506. The first-order chi connectivity index (χ1) is 9.37. The molecule has 1 aromatic heterocycles. The van der Waals surface area contributed by atoms with Gasteiger partial charge in [0.1, 0.15) is 0 Å². The van der Waals surface area contributed by atoms with Gasteiger partial charge in [0.15, 0.2) is 0 Å². The van der Waals surface area contributed by atoms with Gasteiger partial charge in [-0.1, -0.05) is 11.6 Å². The monoisotopic (exact) mass is 290 g/mol. The van der Waals surface area contributed by atoms with Gasteiger partial charge in [-0.25, -0.2) is 0 Å². The lowest BCUT2D eigenvalue weighted by atomic mass is 9.88. The lowest BCUT2D eigenvalue weighted by Crippen LogP contribution is -2.41. The number of hydrogen-bond donors (Lipinski definition) is 0. The first-order valence-corrected chi connectivity index (χ1v) is 8.34. The van der Waals surface area contributed by atoms with E-state index >= 15 is 0 Å². The van der Waals surface area contributed by atoms with E-state index in [1.165, 1.54) is 35.3 Å². The van der Waals surface area contributed by atoms with Crippen molar-refractivity contribution in [3.8, 4) is 0 Å². The van der Waals surface area contributed by atoms with Gasteiger partial charge in [0.2, 0.25) is 0 Å². The summed E-state index contributed by atoms with van der Waals surface area (Å²) < 4.78 is 13.4. The summed E-state index contributed by atoms with van der Waals surface area (Å²) in [7, 11) is -0.222. The zero-order valence-corrected chi connectivity index (χ0v) is 13.7. The molecule has 0 bridgehead atoms. The SMILES string of the molecule is CC1(C)OB(c2ccc(C=C3CCCC3)s2)OC1(C)C. The minimum Gasteiger partial charge on any atom is -0.399 e. The van der Waals surface area contributed by atoms with Gasteiger partial charge in [-0.3, -0.25) is 0 Å². The first-order valence-electron chi connectivity index (χ1n) is 7.52. The van der Waals surface area contributed by atoms with Gasteiger partial charge in [0, 0.05) is 9.65 Å². The second-order valence-corrected chi connectivity index (χ2v) is 7.99. The fourth-order valence-electron chi connectivity index (χ4n) is 2.71. The molecule has 2 nitrogen and oxygen atoms in total. The van der Waals surface area contributed by atoms with Crippen LogP contribution >= 0.6 is 11.3 Å². The third-order valence-corrected chi connectivity index (χ3v) is 5.78. The predicted molar refractivity (Wildman–Crippen MR) is 86.5 cm³/mol. The van der Waals surface area contributed by atoms with E-state index in [2.05, 4.69) is 45.9 Å². The maximum absolute atomic E-state index is 6.10.